The highest BCUT2D eigenvalue weighted by atomic mass is 28.3. The topological polar surface area (TPSA) is 0 Å². The quantitative estimate of drug-likeness (QED) is 0.328. The highest BCUT2D eigenvalue weighted by Crippen LogP contribution is 2.48. The van der Waals surface area contributed by atoms with Crippen LogP contribution in [0.2, 0.25) is 39.3 Å². The van der Waals surface area contributed by atoms with E-state index in [9.17, 15) is 0 Å². The van der Waals surface area contributed by atoms with E-state index in [1.807, 2.05) is 0 Å². The van der Waals surface area contributed by atoms with E-state index in [-0.39, 0.29) is 0 Å². The van der Waals surface area contributed by atoms with Crippen molar-refractivity contribution in [3.05, 3.63) is 87.3 Å². The Hall–Kier alpha value is -1.91. The lowest BCUT2D eigenvalue weighted by Gasteiger charge is -2.32. The van der Waals surface area contributed by atoms with E-state index in [1.54, 1.807) is 5.20 Å². The summed E-state index contributed by atoms with van der Waals surface area (Å²) >= 11 is 0. The third-order valence-corrected chi connectivity index (χ3v) is 9.68. The number of hydrogen-bond acceptors (Lipinski definition) is 0. The maximum Gasteiger partial charge on any atom is 0.0740 e. The second kappa shape index (κ2) is 8.32. The fourth-order valence-corrected chi connectivity index (χ4v) is 9.07. The van der Waals surface area contributed by atoms with Gasteiger partial charge in [0.15, 0.2) is 0 Å². The summed E-state index contributed by atoms with van der Waals surface area (Å²) in [7, 11) is -2.81. The molecule has 158 valence electrons. The minimum Gasteiger partial charge on any atom is -0.0919 e. The van der Waals surface area contributed by atoms with Crippen molar-refractivity contribution in [1.82, 2.24) is 0 Å². The van der Waals surface area contributed by atoms with Crippen LogP contribution >= 0.6 is 0 Å². The van der Waals surface area contributed by atoms with Gasteiger partial charge in [0.2, 0.25) is 0 Å². The SMILES string of the molecule is CC(=C[Si](C)(C)C)C(C)=C(C1C(C)=Cc2c(-c3ccccc3)cccc21)[Si](C)(C)C. The molecule has 3 rings (SSSR count). The molecule has 1 unspecified atom stereocenters. The Bertz CT molecular complexity index is 1020. The van der Waals surface area contributed by atoms with Crippen LogP contribution in [0.3, 0.4) is 0 Å². The molecule has 0 aromatic heterocycles. The van der Waals surface area contributed by atoms with Gasteiger partial charge in [0.1, 0.15) is 0 Å². The van der Waals surface area contributed by atoms with Crippen molar-refractivity contribution in [3.63, 3.8) is 0 Å². The Balaban J connectivity index is 2.22. The van der Waals surface area contributed by atoms with Gasteiger partial charge < -0.3 is 0 Å². The van der Waals surface area contributed by atoms with Crippen LogP contribution in [0.15, 0.2) is 76.1 Å². The van der Waals surface area contributed by atoms with Gasteiger partial charge in [-0.25, -0.2) is 0 Å². The minimum atomic E-state index is -1.55. The molecule has 0 N–H and O–H groups in total. The summed E-state index contributed by atoms with van der Waals surface area (Å²) in [6, 6.07) is 17.7. The predicted molar refractivity (Wildman–Crippen MR) is 141 cm³/mol. The van der Waals surface area contributed by atoms with Gasteiger partial charge in [-0.2, -0.15) is 0 Å². The highest BCUT2D eigenvalue weighted by Gasteiger charge is 2.35. The number of allylic oxidation sites excluding steroid dienone is 4. The van der Waals surface area contributed by atoms with E-state index >= 15 is 0 Å². The van der Waals surface area contributed by atoms with Gasteiger partial charge in [-0.3, -0.25) is 0 Å². The average Bonchev–Trinajstić information content (AvgIpc) is 2.96. The van der Waals surface area contributed by atoms with Crippen LogP contribution in [-0.4, -0.2) is 16.1 Å². The van der Waals surface area contributed by atoms with Crippen LogP contribution in [0, 0.1) is 0 Å². The molecule has 0 saturated heterocycles. The molecule has 2 aromatic rings. The first kappa shape index (κ1) is 22.8. The van der Waals surface area contributed by atoms with Crippen LogP contribution in [-0.2, 0) is 0 Å². The van der Waals surface area contributed by atoms with Gasteiger partial charge in [0.25, 0.3) is 0 Å². The Morgan fingerprint density at radius 1 is 0.833 bits per heavy atom. The molecule has 0 aliphatic heterocycles. The second-order valence-corrected chi connectivity index (χ2v) is 21.0. The maximum absolute atomic E-state index is 2.58. The summed E-state index contributed by atoms with van der Waals surface area (Å²) in [6.07, 6.45) is 2.45. The predicted octanol–water partition coefficient (Wildman–Crippen LogP) is 8.87. The van der Waals surface area contributed by atoms with Gasteiger partial charge >= 0.3 is 0 Å². The zero-order valence-electron chi connectivity index (χ0n) is 20.4. The number of rotatable bonds is 5. The molecular formula is C28H38Si2. The standard InChI is InChI=1S/C28H38Si2/c1-20-18-26-24(23-14-11-10-12-15-23)16-13-17-25(26)27(20)28(30(7,8)9)22(3)21(2)19-29(4,5)6/h10-19,27H,1-9H3. The van der Waals surface area contributed by atoms with Gasteiger partial charge in [0, 0.05) is 5.92 Å². The maximum atomic E-state index is 2.58. The lowest BCUT2D eigenvalue weighted by atomic mass is 9.90. The van der Waals surface area contributed by atoms with Gasteiger partial charge in [-0.1, -0.05) is 122 Å². The fourth-order valence-electron chi connectivity index (χ4n) is 4.99. The van der Waals surface area contributed by atoms with Crippen molar-refractivity contribution in [1.29, 1.82) is 0 Å². The van der Waals surface area contributed by atoms with Crippen LogP contribution in [0.1, 0.15) is 37.8 Å². The summed E-state index contributed by atoms with van der Waals surface area (Å²) in [6.45, 7) is 21.9. The van der Waals surface area contributed by atoms with E-state index in [1.165, 1.54) is 39.0 Å². The molecule has 1 aliphatic carbocycles. The molecule has 0 spiro atoms. The third-order valence-electron chi connectivity index (χ3n) is 6.10. The number of benzene rings is 2. The molecule has 1 aliphatic rings. The van der Waals surface area contributed by atoms with Crippen molar-refractivity contribution >= 4 is 22.2 Å². The summed E-state index contributed by atoms with van der Waals surface area (Å²) < 4.78 is 0. The van der Waals surface area contributed by atoms with Gasteiger partial charge in [-0.15, -0.1) is 0 Å². The second-order valence-electron chi connectivity index (χ2n) is 11.0. The zero-order chi connectivity index (χ0) is 22.3. The number of fused-ring (bicyclic) bond motifs is 1. The largest absolute Gasteiger partial charge is 0.0919 e. The minimum absolute atomic E-state index is 0.417. The smallest absolute Gasteiger partial charge is 0.0740 e. The van der Waals surface area contributed by atoms with Gasteiger partial charge in [-0.05, 0) is 43.0 Å². The molecule has 0 fully saturated rings. The first-order valence-corrected chi connectivity index (χ1v) is 18.3. The fraction of sp³-hybridized carbons (Fsp3) is 0.357. The molecule has 0 heterocycles. The van der Waals surface area contributed by atoms with Crippen molar-refractivity contribution in [2.24, 2.45) is 0 Å². The third kappa shape index (κ3) is 4.71. The molecule has 2 heteroatoms. The highest BCUT2D eigenvalue weighted by molar-refractivity contribution is 6.83. The van der Waals surface area contributed by atoms with E-state index in [0.717, 1.165) is 0 Å². The summed E-state index contributed by atoms with van der Waals surface area (Å²) in [4.78, 5) is 0. The molecule has 0 saturated carbocycles. The van der Waals surface area contributed by atoms with Crippen LogP contribution < -0.4 is 0 Å². The molecule has 0 bridgehead atoms. The lowest BCUT2D eigenvalue weighted by Crippen LogP contribution is -2.30. The Labute approximate surface area is 186 Å². The van der Waals surface area contributed by atoms with Crippen LogP contribution in [0.25, 0.3) is 17.2 Å². The zero-order valence-corrected chi connectivity index (χ0v) is 22.4. The Morgan fingerprint density at radius 2 is 1.47 bits per heavy atom. The Morgan fingerprint density at radius 3 is 2.03 bits per heavy atom. The van der Waals surface area contributed by atoms with E-state index in [4.69, 9.17) is 0 Å². The summed E-state index contributed by atoms with van der Waals surface area (Å²) in [5.41, 5.74) is 12.7. The van der Waals surface area contributed by atoms with Crippen LogP contribution in [0.4, 0.5) is 0 Å². The monoisotopic (exact) mass is 430 g/mol. The van der Waals surface area contributed by atoms with E-state index in [0.29, 0.717) is 5.92 Å². The number of hydrogen-bond donors (Lipinski definition) is 0. The molecule has 1 atom stereocenters. The van der Waals surface area contributed by atoms with Crippen molar-refractivity contribution in [3.8, 4) is 11.1 Å². The Kier molecular flexibility index (Phi) is 6.31. The average molecular weight is 431 g/mol. The van der Waals surface area contributed by atoms with Crippen molar-refractivity contribution < 1.29 is 0 Å². The van der Waals surface area contributed by atoms with Crippen molar-refractivity contribution in [2.75, 3.05) is 0 Å². The lowest BCUT2D eigenvalue weighted by molar-refractivity contribution is 0.970. The first-order valence-electron chi connectivity index (χ1n) is 11.2. The normalized spacial score (nSPS) is 18.1. The molecule has 30 heavy (non-hydrogen) atoms. The molecule has 0 nitrogen and oxygen atoms in total. The molecule has 0 radical (unpaired) electrons. The van der Waals surface area contributed by atoms with Crippen LogP contribution in [0.5, 0.6) is 0 Å². The first-order chi connectivity index (χ1) is 13.9. The van der Waals surface area contributed by atoms with Crippen molar-refractivity contribution in [2.45, 2.75) is 66.0 Å². The molecule has 0 amide bonds. The van der Waals surface area contributed by atoms with Gasteiger partial charge in [0.05, 0.1) is 16.1 Å². The molecule has 2 aromatic carbocycles. The molecular weight excluding hydrogens is 392 g/mol. The van der Waals surface area contributed by atoms with E-state index < -0.39 is 16.1 Å². The summed E-state index contributed by atoms with van der Waals surface area (Å²) in [5.74, 6) is 0.417. The van der Waals surface area contributed by atoms with E-state index in [2.05, 4.69) is 120 Å². The summed E-state index contributed by atoms with van der Waals surface area (Å²) in [5, 5.41) is 1.70.